The molecule has 0 bridgehead atoms. The Morgan fingerprint density at radius 3 is 2.43 bits per heavy atom. The molecule has 0 saturated heterocycles. The van der Waals surface area contributed by atoms with Gasteiger partial charge >= 0.3 is 5.97 Å². The molecule has 1 atom stereocenters. The monoisotopic (exact) mass is 232 g/mol. The fourth-order valence-corrected chi connectivity index (χ4v) is 0.234. The van der Waals surface area contributed by atoms with Gasteiger partial charge in [-0.1, -0.05) is 22.6 Å². The minimum Gasteiger partial charge on any atom is -0.480 e. The molecule has 1 N–H and O–H groups in total. The van der Waals surface area contributed by atoms with Crippen molar-refractivity contribution in [1.82, 2.24) is 0 Å². The molecule has 0 aliphatic heterocycles. The zero-order chi connectivity index (χ0) is 5.86. The van der Waals surface area contributed by atoms with Gasteiger partial charge in [-0.2, -0.15) is 12.6 Å². The Labute approximate surface area is 60.8 Å². The maximum Gasteiger partial charge on any atom is 0.317 e. The minimum absolute atomic E-state index is 0.346. The van der Waals surface area contributed by atoms with Crippen molar-refractivity contribution in [2.45, 2.75) is 3.92 Å². The lowest BCUT2D eigenvalue weighted by molar-refractivity contribution is -0.135. The summed E-state index contributed by atoms with van der Waals surface area (Å²) in [5.41, 5.74) is 0. The van der Waals surface area contributed by atoms with Crippen LogP contribution in [0.15, 0.2) is 0 Å². The molecular weight excluding hydrogens is 227 g/mol. The fourth-order valence-electron chi connectivity index (χ4n) is 0.0781. The summed E-state index contributed by atoms with van der Waals surface area (Å²) in [6.07, 6.45) is 0. The summed E-state index contributed by atoms with van der Waals surface area (Å²) >= 11 is 5.59. The van der Waals surface area contributed by atoms with Gasteiger partial charge < -0.3 is 5.11 Å². The molecule has 0 fully saturated rings. The first-order chi connectivity index (χ1) is 3.18. The molecule has 0 aromatic carbocycles. The van der Waals surface area contributed by atoms with E-state index in [0.717, 1.165) is 0 Å². The molecule has 0 amide bonds. The first kappa shape index (κ1) is 7.55. The van der Waals surface area contributed by atoms with Crippen LogP contribution in [0.3, 0.4) is 0 Å². The molecule has 0 radical (unpaired) electrons. The smallest absolute Gasteiger partial charge is 0.317 e. The third-order valence-corrected chi connectivity index (χ3v) is 2.46. The highest BCUT2D eigenvalue weighted by atomic mass is 127. The lowest BCUT2D eigenvalue weighted by Gasteiger charge is -1.93. The Morgan fingerprint density at radius 2 is 2.43 bits per heavy atom. The summed E-state index contributed by atoms with van der Waals surface area (Å²) in [6, 6.07) is 0. The molecule has 7 heavy (non-hydrogen) atoms. The zero-order valence-electron chi connectivity index (χ0n) is 3.47. The van der Waals surface area contributed by atoms with Crippen molar-refractivity contribution in [2.24, 2.45) is 0 Å². The van der Waals surface area contributed by atoms with Crippen LogP contribution in [0, 0.1) is 0 Å². The van der Waals surface area contributed by atoms with Crippen LogP contribution in [0.4, 0.5) is 0 Å². The third-order valence-electron chi connectivity index (χ3n) is 0.428. The normalized spacial score (nSPS) is 13.4. The minimum atomic E-state index is -0.796. The van der Waals surface area contributed by atoms with Crippen LogP contribution in [-0.2, 0) is 4.79 Å². The van der Waals surface area contributed by atoms with E-state index in [0.29, 0.717) is 5.75 Å². The average molecular weight is 232 g/mol. The number of aliphatic carboxylic acids is 1. The summed E-state index contributed by atoms with van der Waals surface area (Å²) in [4.78, 5) is 9.87. The number of alkyl halides is 1. The van der Waals surface area contributed by atoms with E-state index in [1.54, 1.807) is 0 Å². The van der Waals surface area contributed by atoms with Crippen LogP contribution in [0.5, 0.6) is 0 Å². The van der Waals surface area contributed by atoms with E-state index >= 15 is 0 Å². The summed E-state index contributed by atoms with van der Waals surface area (Å²) in [5, 5.41) is 8.13. The molecule has 0 heterocycles. The number of thiol groups is 1. The molecule has 0 saturated carbocycles. The average Bonchev–Trinajstić information content (AvgIpc) is 1.65. The fraction of sp³-hybridized carbons (Fsp3) is 0.667. The number of carboxylic acid groups (broad SMARTS) is 1. The SMILES string of the molecule is O=C(O)C(I)CS. The van der Waals surface area contributed by atoms with Crippen LogP contribution in [-0.4, -0.2) is 20.8 Å². The Hall–Kier alpha value is 0.550. The largest absolute Gasteiger partial charge is 0.480 e. The standard InChI is InChI=1S/C3H5IO2S/c4-2(1-7)3(5)6/h2,7H,1H2,(H,5,6). The highest BCUT2D eigenvalue weighted by Gasteiger charge is 2.08. The van der Waals surface area contributed by atoms with Gasteiger partial charge in [0.2, 0.25) is 0 Å². The van der Waals surface area contributed by atoms with Gasteiger partial charge in [0.05, 0.1) is 0 Å². The van der Waals surface area contributed by atoms with Gasteiger partial charge in [0.1, 0.15) is 3.92 Å². The van der Waals surface area contributed by atoms with E-state index in [-0.39, 0.29) is 3.92 Å². The summed E-state index contributed by atoms with van der Waals surface area (Å²) < 4.78 is -0.346. The lowest BCUT2D eigenvalue weighted by Crippen LogP contribution is -2.13. The van der Waals surface area contributed by atoms with Crippen molar-refractivity contribution < 1.29 is 9.90 Å². The van der Waals surface area contributed by atoms with Crippen molar-refractivity contribution in [3.63, 3.8) is 0 Å². The molecule has 42 valence electrons. The van der Waals surface area contributed by atoms with Crippen LogP contribution < -0.4 is 0 Å². The first-order valence-electron chi connectivity index (χ1n) is 1.66. The van der Waals surface area contributed by atoms with E-state index in [9.17, 15) is 4.79 Å². The van der Waals surface area contributed by atoms with Crippen LogP contribution in [0.2, 0.25) is 0 Å². The Kier molecular flexibility index (Phi) is 3.82. The molecule has 2 nitrogen and oxygen atoms in total. The predicted octanol–water partition coefficient (Wildman–Crippen LogP) is 0.804. The summed E-state index contributed by atoms with van der Waals surface area (Å²) in [5.74, 6) is -0.397. The van der Waals surface area contributed by atoms with Gasteiger partial charge in [0.25, 0.3) is 0 Å². The topological polar surface area (TPSA) is 37.3 Å². The second-order valence-electron chi connectivity index (χ2n) is 0.988. The van der Waals surface area contributed by atoms with E-state index in [1.807, 2.05) is 22.6 Å². The van der Waals surface area contributed by atoms with Gasteiger partial charge in [-0.15, -0.1) is 0 Å². The Bertz CT molecular complexity index is 75.3. The van der Waals surface area contributed by atoms with Gasteiger partial charge in [-0.25, -0.2) is 0 Å². The van der Waals surface area contributed by atoms with Crippen molar-refractivity contribution in [1.29, 1.82) is 0 Å². The number of halogens is 1. The van der Waals surface area contributed by atoms with Gasteiger partial charge in [0, 0.05) is 5.75 Å². The number of carbonyl (C=O) groups is 1. The van der Waals surface area contributed by atoms with Gasteiger partial charge in [0.15, 0.2) is 0 Å². The summed E-state index contributed by atoms with van der Waals surface area (Å²) in [7, 11) is 0. The number of carboxylic acids is 1. The van der Waals surface area contributed by atoms with Gasteiger partial charge in [-0.05, 0) is 0 Å². The Morgan fingerprint density at radius 1 is 2.00 bits per heavy atom. The van der Waals surface area contributed by atoms with Crippen LogP contribution in [0.1, 0.15) is 0 Å². The van der Waals surface area contributed by atoms with E-state index < -0.39 is 5.97 Å². The van der Waals surface area contributed by atoms with E-state index in [1.165, 1.54) is 0 Å². The van der Waals surface area contributed by atoms with Crippen LogP contribution >= 0.6 is 35.2 Å². The van der Waals surface area contributed by atoms with Gasteiger partial charge in [-0.3, -0.25) is 4.79 Å². The molecule has 0 aromatic rings. The maximum atomic E-state index is 9.87. The summed E-state index contributed by atoms with van der Waals surface area (Å²) in [6.45, 7) is 0. The molecule has 0 aliphatic carbocycles. The second kappa shape index (κ2) is 3.54. The first-order valence-corrected chi connectivity index (χ1v) is 3.54. The van der Waals surface area contributed by atoms with Crippen molar-refractivity contribution in [3.8, 4) is 0 Å². The molecule has 0 rings (SSSR count). The molecule has 1 unspecified atom stereocenters. The molecular formula is C3H5IO2S. The molecule has 0 aromatic heterocycles. The number of hydrogen-bond acceptors (Lipinski definition) is 2. The highest BCUT2D eigenvalue weighted by molar-refractivity contribution is 14.1. The van der Waals surface area contributed by atoms with E-state index in [2.05, 4.69) is 12.6 Å². The molecule has 4 heteroatoms. The predicted molar refractivity (Wildman–Crippen MR) is 39.3 cm³/mol. The third kappa shape index (κ3) is 3.16. The van der Waals surface area contributed by atoms with E-state index in [4.69, 9.17) is 5.11 Å². The van der Waals surface area contributed by atoms with Crippen molar-refractivity contribution >= 4 is 41.2 Å². The van der Waals surface area contributed by atoms with Crippen LogP contribution in [0.25, 0.3) is 0 Å². The quantitative estimate of drug-likeness (QED) is 0.420. The molecule has 0 spiro atoms. The zero-order valence-corrected chi connectivity index (χ0v) is 6.52. The lowest BCUT2D eigenvalue weighted by atomic mass is 10.5. The molecule has 0 aliphatic rings. The second-order valence-corrected chi connectivity index (χ2v) is 2.86. The van der Waals surface area contributed by atoms with Crippen molar-refractivity contribution in [3.05, 3.63) is 0 Å². The Balaban J connectivity index is 3.34. The highest BCUT2D eigenvalue weighted by Crippen LogP contribution is 2.00. The van der Waals surface area contributed by atoms with Crippen molar-refractivity contribution in [2.75, 3.05) is 5.75 Å². The number of hydrogen-bond donors (Lipinski definition) is 2. The number of rotatable bonds is 2. The maximum absolute atomic E-state index is 9.87.